The normalized spacial score (nSPS) is 22.3. The number of carbonyl (C=O) groups excluding carboxylic acids is 4. The average molecular weight is 961 g/mol. The first-order chi connectivity index (χ1) is 28.5. The molecule has 1 saturated heterocycles. The predicted octanol–water partition coefficient (Wildman–Crippen LogP) is 5.82. The van der Waals surface area contributed by atoms with Crippen molar-refractivity contribution in [1.82, 2.24) is 25.5 Å². The number of methoxy groups -OCH3 is 1. The number of benzene rings is 1. The first kappa shape index (κ1) is 44.8. The van der Waals surface area contributed by atoms with Crippen molar-refractivity contribution in [2.24, 2.45) is 23.2 Å². The summed E-state index contributed by atoms with van der Waals surface area (Å²) in [6, 6.07) is 3.38. The Morgan fingerprint density at radius 3 is 2.40 bits per heavy atom. The zero-order valence-electron chi connectivity index (χ0n) is 34.6. The summed E-state index contributed by atoms with van der Waals surface area (Å²) < 4.78 is 23.2. The second kappa shape index (κ2) is 18.9. The highest BCUT2D eigenvalue weighted by Gasteiger charge is 2.49. The smallest absolute Gasteiger partial charge is 0.408 e. The van der Waals surface area contributed by atoms with E-state index in [1.54, 1.807) is 24.3 Å². The number of carboxylic acids is 1. The second-order valence-corrected chi connectivity index (χ2v) is 18.7. The molecular formula is C42H53IN6O10S. The standard InChI is InChI=1S/C42H53IN6O10S/c1-8-22(17-43)35(39(53)54)47-37(51)32-15-27(18-49(32)38(52)36(42(4,5)6)48-41(55)59-26-12-23-11-24(23)13-26)58-33-16-30(31-20-60-40(46-31)44-21(2)3)45-29-14-25(9-10-28(29)33)57-19-34(50)56-7/h8-10,14,16,20-24,26-27,32,35-36H,1,11-13,15,17-19H2,2-7H3,(H,44,46)(H,47,51)(H,48,55)(H,53,54)/t22?,23-,24+,26?,27-,32+,35-,36-/m1/s1. The van der Waals surface area contributed by atoms with E-state index in [1.807, 2.05) is 62.6 Å². The number of alkyl halides is 1. The van der Waals surface area contributed by atoms with Crippen LogP contribution in [0.5, 0.6) is 11.5 Å². The maximum absolute atomic E-state index is 14.7. The maximum atomic E-state index is 14.7. The summed E-state index contributed by atoms with van der Waals surface area (Å²) in [5, 5.41) is 22.0. The van der Waals surface area contributed by atoms with E-state index in [-0.39, 0.29) is 31.7 Å². The van der Waals surface area contributed by atoms with Gasteiger partial charge in [-0.25, -0.2) is 24.4 Å². The fourth-order valence-electron chi connectivity index (χ4n) is 7.72. The van der Waals surface area contributed by atoms with Crippen LogP contribution in [0.15, 0.2) is 42.3 Å². The predicted molar refractivity (Wildman–Crippen MR) is 233 cm³/mol. The Morgan fingerprint density at radius 1 is 1.03 bits per heavy atom. The van der Waals surface area contributed by atoms with Crippen LogP contribution < -0.4 is 25.4 Å². The number of pyridine rings is 1. The molecule has 3 heterocycles. The number of ether oxygens (including phenoxy) is 4. The van der Waals surface area contributed by atoms with Gasteiger partial charge in [0.15, 0.2) is 11.7 Å². The number of carbonyl (C=O) groups is 5. The Morgan fingerprint density at radius 2 is 1.77 bits per heavy atom. The van der Waals surface area contributed by atoms with Gasteiger partial charge in [-0.2, -0.15) is 0 Å². The molecule has 0 radical (unpaired) electrons. The number of halogens is 1. The number of esters is 1. The van der Waals surface area contributed by atoms with E-state index >= 15 is 0 Å². The number of rotatable bonds is 17. The number of amides is 3. The topological polar surface area (TPSA) is 208 Å². The molecule has 2 unspecified atom stereocenters. The summed E-state index contributed by atoms with van der Waals surface area (Å²) in [7, 11) is 1.27. The number of thiazole rings is 1. The molecule has 2 aromatic heterocycles. The Balaban J connectivity index is 1.33. The molecule has 3 amide bonds. The number of fused-ring (bicyclic) bond motifs is 2. The van der Waals surface area contributed by atoms with Crippen molar-refractivity contribution in [1.29, 1.82) is 0 Å². The van der Waals surface area contributed by atoms with Gasteiger partial charge < -0.3 is 44.9 Å². The van der Waals surface area contributed by atoms with Crippen molar-refractivity contribution in [3.8, 4) is 22.9 Å². The van der Waals surface area contributed by atoms with Crippen LogP contribution in [0, 0.1) is 23.2 Å². The quantitative estimate of drug-likeness (QED) is 0.0545. The third-order valence-corrected chi connectivity index (χ3v) is 12.8. The fourth-order valence-corrected chi connectivity index (χ4v) is 9.44. The summed E-state index contributed by atoms with van der Waals surface area (Å²) in [5.41, 5.74) is 0.700. The molecule has 4 N–H and O–H groups in total. The van der Waals surface area contributed by atoms with Gasteiger partial charge in [-0.15, -0.1) is 17.9 Å². The highest BCUT2D eigenvalue weighted by molar-refractivity contribution is 14.1. The number of aromatic nitrogens is 2. The maximum Gasteiger partial charge on any atom is 0.408 e. The minimum atomic E-state index is -1.30. The van der Waals surface area contributed by atoms with Crippen LogP contribution in [0.1, 0.15) is 60.3 Å². The molecule has 2 saturated carbocycles. The molecule has 60 heavy (non-hydrogen) atoms. The summed E-state index contributed by atoms with van der Waals surface area (Å²) in [6.07, 6.45) is 2.56. The lowest BCUT2D eigenvalue weighted by molar-refractivity contribution is -0.145. The van der Waals surface area contributed by atoms with E-state index in [0.717, 1.165) is 19.3 Å². The number of nitrogens with zero attached hydrogens (tertiary/aromatic N) is 3. The van der Waals surface area contributed by atoms with Gasteiger partial charge >= 0.3 is 18.0 Å². The second-order valence-electron chi connectivity index (χ2n) is 16.9. The molecular weight excluding hydrogens is 907 g/mol. The van der Waals surface area contributed by atoms with Crippen LogP contribution >= 0.6 is 33.9 Å². The third kappa shape index (κ3) is 10.8. The van der Waals surface area contributed by atoms with Gasteiger partial charge in [0.2, 0.25) is 11.8 Å². The van der Waals surface area contributed by atoms with E-state index in [9.17, 15) is 29.1 Å². The van der Waals surface area contributed by atoms with Crippen LogP contribution in [0.4, 0.5) is 9.93 Å². The number of alkyl carbamates (subject to hydrolysis) is 1. The Bertz CT molecular complexity index is 2100. The molecule has 18 heteroatoms. The van der Waals surface area contributed by atoms with E-state index in [1.165, 1.54) is 29.4 Å². The van der Waals surface area contributed by atoms with Crippen LogP contribution in [-0.4, -0.2) is 111 Å². The number of hydrogen-bond donors (Lipinski definition) is 4. The highest BCUT2D eigenvalue weighted by Crippen LogP contribution is 2.52. The first-order valence-electron chi connectivity index (χ1n) is 20.0. The molecule has 0 spiro atoms. The van der Waals surface area contributed by atoms with Crippen LogP contribution in [0.3, 0.4) is 0 Å². The molecule has 16 nitrogen and oxygen atoms in total. The molecule has 324 valence electrons. The average Bonchev–Trinajstić information content (AvgIpc) is 3.50. The molecule has 8 atom stereocenters. The molecule has 6 rings (SSSR count). The van der Waals surface area contributed by atoms with Crippen molar-refractivity contribution in [2.75, 3.05) is 30.0 Å². The number of aliphatic carboxylic acids is 1. The number of nitrogens with one attached hydrogen (secondary N) is 3. The molecule has 2 aliphatic carbocycles. The molecule has 0 bridgehead atoms. The Labute approximate surface area is 366 Å². The minimum absolute atomic E-state index is 0.00229. The van der Waals surface area contributed by atoms with E-state index in [0.29, 0.717) is 55.2 Å². The number of anilines is 1. The van der Waals surface area contributed by atoms with Crippen LogP contribution in [0.2, 0.25) is 0 Å². The van der Waals surface area contributed by atoms with Crippen molar-refractivity contribution in [3.63, 3.8) is 0 Å². The molecule has 3 fully saturated rings. The van der Waals surface area contributed by atoms with Crippen molar-refractivity contribution in [3.05, 3.63) is 42.3 Å². The van der Waals surface area contributed by atoms with Crippen molar-refractivity contribution in [2.45, 2.75) is 96.7 Å². The van der Waals surface area contributed by atoms with Crippen LogP contribution in [0.25, 0.3) is 22.3 Å². The largest absolute Gasteiger partial charge is 0.488 e. The lowest BCUT2D eigenvalue weighted by Crippen LogP contribution is -2.59. The van der Waals surface area contributed by atoms with E-state index < -0.39 is 65.4 Å². The number of likely N-dealkylation sites (tertiary alicyclic amines) is 1. The number of hydrogen-bond acceptors (Lipinski definition) is 13. The molecule has 1 aliphatic heterocycles. The lowest BCUT2D eigenvalue weighted by atomic mass is 9.85. The number of carboxylic acid groups (broad SMARTS) is 1. The third-order valence-electron chi connectivity index (χ3n) is 11.0. The van der Waals surface area contributed by atoms with Gasteiger partial charge in [-0.05, 0) is 62.5 Å². The zero-order chi connectivity index (χ0) is 43.5. The van der Waals surface area contributed by atoms with Crippen molar-refractivity contribution < 1.29 is 48.0 Å². The Kier molecular flexibility index (Phi) is 14.1. The van der Waals surface area contributed by atoms with Crippen molar-refractivity contribution >= 4 is 79.8 Å². The van der Waals surface area contributed by atoms with E-state index in [2.05, 4.69) is 22.5 Å². The minimum Gasteiger partial charge on any atom is -0.488 e. The summed E-state index contributed by atoms with van der Waals surface area (Å²) in [4.78, 5) is 77.4. The summed E-state index contributed by atoms with van der Waals surface area (Å²) >= 11 is 3.46. The summed E-state index contributed by atoms with van der Waals surface area (Å²) in [6.45, 7) is 12.8. The van der Waals surface area contributed by atoms with Gasteiger partial charge in [0.05, 0.1) is 24.9 Å². The highest BCUT2D eigenvalue weighted by atomic mass is 127. The lowest BCUT2D eigenvalue weighted by Gasteiger charge is -2.35. The van der Waals surface area contributed by atoms with Gasteiger partial charge in [-0.1, -0.05) is 49.4 Å². The van der Waals surface area contributed by atoms with Gasteiger partial charge in [-0.3, -0.25) is 9.59 Å². The zero-order valence-corrected chi connectivity index (χ0v) is 37.5. The van der Waals surface area contributed by atoms with Gasteiger partial charge in [0.1, 0.15) is 47.5 Å². The molecule has 3 aliphatic rings. The monoisotopic (exact) mass is 960 g/mol. The van der Waals surface area contributed by atoms with E-state index in [4.69, 9.17) is 28.9 Å². The molecule has 1 aromatic carbocycles. The summed E-state index contributed by atoms with van der Waals surface area (Å²) in [5.74, 6) is -1.69. The molecule has 3 aromatic rings. The van der Waals surface area contributed by atoms with Gasteiger partial charge in [0, 0.05) is 45.7 Å². The SMILES string of the molecule is C=CC(CI)[C@@H](NC(=O)[C@@H]1C[C@@H](Oc2cc(-c3csc(NC(C)C)n3)nc3cc(OCC(=O)OC)ccc23)CN1C(=O)[C@@H](NC(=O)OC1C[C@@H]2C[C@@H]2C1)C(C)(C)C)C(=O)O. The van der Waals surface area contributed by atoms with Gasteiger partial charge in [0.25, 0.3) is 0 Å². The Hall–Kier alpha value is -4.72. The first-order valence-corrected chi connectivity index (χ1v) is 22.4. The van der Waals surface area contributed by atoms with Crippen LogP contribution in [-0.2, 0) is 28.7 Å². The fraction of sp³-hybridized carbons (Fsp3) is 0.548.